The molecule has 7 heteroatoms. The second-order valence-electron chi connectivity index (χ2n) is 7.77. The molecule has 2 fully saturated rings. The summed E-state index contributed by atoms with van der Waals surface area (Å²) >= 11 is 0. The third-order valence-corrected chi connectivity index (χ3v) is 5.84. The average molecular weight is 384 g/mol. The largest absolute Gasteiger partial charge is 0.338 e. The second-order valence-corrected chi connectivity index (χ2v) is 7.77. The van der Waals surface area contributed by atoms with Crippen LogP contribution in [0.3, 0.4) is 0 Å². The minimum absolute atomic E-state index is 0.0589. The van der Waals surface area contributed by atoms with E-state index in [9.17, 15) is 14.0 Å². The van der Waals surface area contributed by atoms with Crippen LogP contribution in [0.1, 0.15) is 60.5 Å². The van der Waals surface area contributed by atoms with E-state index >= 15 is 0 Å². The lowest BCUT2D eigenvalue weighted by Gasteiger charge is -2.32. The van der Waals surface area contributed by atoms with Gasteiger partial charge in [-0.25, -0.2) is 4.39 Å². The number of carbonyl (C=O) groups excluding carboxylic acids is 2. The van der Waals surface area contributed by atoms with Crippen molar-refractivity contribution in [1.82, 2.24) is 15.1 Å². The Morgan fingerprint density at radius 3 is 2.79 bits per heavy atom. The lowest BCUT2D eigenvalue weighted by molar-refractivity contribution is -0.119. The van der Waals surface area contributed by atoms with Gasteiger partial charge in [-0.3, -0.25) is 14.7 Å². The highest BCUT2D eigenvalue weighted by Crippen LogP contribution is 2.32. The van der Waals surface area contributed by atoms with Crippen molar-refractivity contribution in [3.05, 3.63) is 47.5 Å². The van der Waals surface area contributed by atoms with Crippen LogP contribution in [-0.2, 0) is 4.79 Å². The van der Waals surface area contributed by atoms with Crippen LogP contribution >= 0.6 is 0 Å². The van der Waals surface area contributed by atoms with Gasteiger partial charge in [0.25, 0.3) is 5.91 Å². The summed E-state index contributed by atoms with van der Waals surface area (Å²) < 4.78 is 13.5. The zero-order chi connectivity index (χ0) is 19.5. The Morgan fingerprint density at radius 2 is 2.00 bits per heavy atom. The van der Waals surface area contributed by atoms with Gasteiger partial charge in [0.2, 0.25) is 5.91 Å². The van der Waals surface area contributed by atoms with Gasteiger partial charge in [0.05, 0.1) is 17.6 Å². The van der Waals surface area contributed by atoms with Gasteiger partial charge in [0.1, 0.15) is 5.82 Å². The molecule has 1 atom stereocenters. The maximum atomic E-state index is 13.5. The summed E-state index contributed by atoms with van der Waals surface area (Å²) in [6.45, 7) is 1.16. The van der Waals surface area contributed by atoms with E-state index in [-0.39, 0.29) is 23.7 Å². The molecule has 1 aliphatic heterocycles. The van der Waals surface area contributed by atoms with Crippen LogP contribution in [0.15, 0.2) is 30.5 Å². The van der Waals surface area contributed by atoms with E-state index in [0.29, 0.717) is 24.3 Å². The van der Waals surface area contributed by atoms with Crippen molar-refractivity contribution in [1.29, 1.82) is 0 Å². The second kappa shape index (κ2) is 8.12. The van der Waals surface area contributed by atoms with Crippen molar-refractivity contribution in [3.8, 4) is 0 Å². The SMILES string of the molecule is O=C(Nc1cn[nH]c1[C@@H]1CCCN(C(=O)c2cccc(F)c2)C1)C1CCCC1. The molecule has 1 saturated heterocycles. The molecule has 2 heterocycles. The lowest BCUT2D eigenvalue weighted by Crippen LogP contribution is -2.39. The molecule has 1 aliphatic carbocycles. The maximum Gasteiger partial charge on any atom is 0.253 e. The van der Waals surface area contributed by atoms with Crippen LogP contribution in [0.25, 0.3) is 0 Å². The minimum atomic E-state index is -0.412. The van der Waals surface area contributed by atoms with E-state index in [0.717, 1.165) is 44.2 Å². The number of carbonyl (C=O) groups is 2. The number of amides is 2. The van der Waals surface area contributed by atoms with Crippen LogP contribution in [0.2, 0.25) is 0 Å². The first kappa shape index (κ1) is 18.7. The standard InChI is InChI=1S/C21H25FN4O2/c22-17-9-3-7-15(11-17)21(28)26-10-4-8-16(13-26)19-18(12-23-25-19)24-20(27)14-5-1-2-6-14/h3,7,9,11-12,14,16H,1-2,4-6,8,10,13H2,(H,23,25)(H,24,27)/t16-/m1/s1. The third-order valence-electron chi connectivity index (χ3n) is 5.84. The molecule has 4 rings (SSSR count). The van der Waals surface area contributed by atoms with Gasteiger partial charge in [-0.15, -0.1) is 0 Å². The van der Waals surface area contributed by atoms with Gasteiger partial charge in [-0.2, -0.15) is 5.10 Å². The van der Waals surface area contributed by atoms with Gasteiger partial charge in [0.15, 0.2) is 0 Å². The summed E-state index contributed by atoms with van der Waals surface area (Å²) in [7, 11) is 0. The highest BCUT2D eigenvalue weighted by molar-refractivity contribution is 5.94. The molecule has 0 bridgehead atoms. The summed E-state index contributed by atoms with van der Waals surface area (Å²) in [4.78, 5) is 27.0. The molecule has 1 aromatic heterocycles. The number of aromatic nitrogens is 2. The summed E-state index contributed by atoms with van der Waals surface area (Å²) in [5.74, 6) is -0.374. The highest BCUT2D eigenvalue weighted by atomic mass is 19.1. The lowest BCUT2D eigenvalue weighted by atomic mass is 9.93. The zero-order valence-corrected chi connectivity index (χ0v) is 15.8. The Balaban J connectivity index is 1.46. The van der Waals surface area contributed by atoms with Gasteiger partial charge in [-0.05, 0) is 43.9 Å². The molecular weight excluding hydrogens is 359 g/mol. The van der Waals surface area contributed by atoms with E-state index < -0.39 is 5.82 Å². The molecule has 148 valence electrons. The van der Waals surface area contributed by atoms with Gasteiger partial charge in [-0.1, -0.05) is 18.9 Å². The number of halogens is 1. The monoisotopic (exact) mass is 384 g/mol. The molecule has 2 aliphatic rings. The molecule has 0 radical (unpaired) electrons. The number of rotatable bonds is 4. The fourth-order valence-electron chi connectivity index (χ4n) is 4.33. The Labute approximate surface area is 163 Å². The molecule has 1 saturated carbocycles. The number of nitrogens with one attached hydrogen (secondary N) is 2. The Bertz CT molecular complexity index is 860. The van der Waals surface area contributed by atoms with Crippen molar-refractivity contribution >= 4 is 17.5 Å². The summed E-state index contributed by atoms with van der Waals surface area (Å²) in [5, 5.41) is 10.2. The number of aromatic amines is 1. The molecular formula is C21H25FN4O2. The number of piperidine rings is 1. The fourth-order valence-corrected chi connectivity index (χ4v) is 4.33. The van der Waals surface area contributed by atoms with Crippen LogP contribution in [0, 0.1) is 11.7 Å². The quantitative estimate of drug-likeness (QED) is 0.844. The van der Waals surface area contributed by atoms with E-state index in [1.807, 2.05) is 0 Å². The smallest absolute Gasteiger partial charge is 0.253 e. The predicted octanol–water partition coefficient (Wildman–Crippen LogP) is 3.70. The Hall–Kier alpha value is -2.70. The minimum Gasteiger partial charge on any atom is -0.338 e. The van der Waals surface area contributed by atoms with Crippen molar-refractivity contribution in [2.24, 2.45) is 5.92 Å². The predicted molar refractivity (Wildman–Crippen MR) is 103 cm³/mol. The van der Waals surface area contributed by atoms with E-state index in [2.05, 4.69) is 15.5 Å². The zero-order valence-electron chi connectivity index (χ0n) is 15.8. The van der Waals surface area contributed by atoms with Gasteiger partial charge >= 0.3 is 0 Å². The number of nitrogens with zero attached hydrogens (tertiary/aromatic N) is 2. The maximum absolute atomic E-state index is 13.5. The fraction of sp³-hybridized carbons (Fsp3) is 0.476. The molecule has 28 heavy (non-hydrogen) atoms. The molecule has 1 aromatic carbocycles. The molecule has 6 nitrogen and oxygen atoms in total. The Kier molecular flexibility index (Phi) is 5.41. The first-order chi connectivity index (χ1) is 13.6. The summed E-state index contributed by atoms with van der Waals surface area (Å²) in [6.07, 6.45) is 7.50. The Morgan fingerprint density at radius 1 is 1.18 bits per heavy atom. The van der Waals surface area contributed by atoms with Crippen molar-refractivity contribution in [2.45, 2.75) is 44.4 Å². The number of likely N-dealkylation sites (tertiary alicyclic amines) is 1. The summed E-state index contributed by atoms with van der Waals surface area (Å²) in [5.41, 5.74) is 1.94. The van der Waals surface area contributed by atoms with Crippen molar-refractivity contribution < 1.29 is 14.0 Å². The topological polar surface area (TPSA) is 78.1 Å². The molecule has 2 aromatic rings. The number of hydrogen-bond donors (Lipinski definition) is 2. The normalized spacial score (nSPS) is 20.3. The highest BCUT2D eigenvalue weighted by Gasteiger charge is 2.29. The molecule has 0 spiro atoms. The summed E-state index contributed by atoms with van der Waals surface area (Å²) in [6, 6.07) is 5.79. The molecule has 0 unspecified atom stereocenters. The van der Waals surface area contributed by atoms with Crippen LogP contribution in [-0.4, -0.2) is 40.0 Å². The molecule has 2 N–H and O–H groups in total. The number of H-pyrrole nitrogens is 1. The van der Waals surface area contributed by atoms with Crippen LogP contribution < -0.4 is 5.32 Å². The van der Waals surface area contributed by atoms with E-state index in [4.69, 9.17) is 0 Å². The first-order valence-electron chi connectivity index (χ1n) is 10.0. The average Bonchev–Trinajstić information content (AvgIpc) is 3.39. The van der Waals surface area contributed by atoms with E-state index in [1.165, 1.54) is 12.1 Å². The van der Waals surface area contributed by atoms with E-state index in [1.54, 1.807) is 23.2 Å². The van der Waals surface area contributed by atoms with Gasteiger partial charge in [0, 0.05) is 30.5 Å². The van der Waals surface area contributed by atoms with Crippen molar-refractivity contribution in [3.63, 3.8) is 0 Å². The van der Waals surface area contributed by atoms with Crippen LogP contribution in [0.5, 0.6) is 0 Å². The first-order valence-corrected chi connectivity index (χ1v) is 10.0. The number of anilines is 1. The van der Waals surface area contributed by atoms with Crippen LogP contribution in [0.4, 0.5) is 10.1 Å². The van der Waals surface area contributed by atoms with Gasteiger partial charge < -0.3 is 10.2 Å². The third kappa shape index (κ3) is 3.93. The molecule has 2 amide bonds. The number of hydrogen-bond acceptors (Lipinski definition) is 3. The van der Waals surface area contributed by atoms with Crippen molar-refractivity contribution in [2.75, 3.05) is 18.4 Å². The number of benzene rings is 1.